The summed E-state index contributed by atoms with van der Waals surface area (Å²) >= 11 is 0. The Kier molecular flexibility index (Phi) is 7.65. The van der Waals surface area contributed by atoms with E-state index >= 15 is 0 Å². The van der Waals surface area contributed by atoms with Gasteiger partial charge in [0.1, 0.15) is 6.04 Å². The van der Waals surface area contributed by atoms with Gasteiger partial charge in [0.2, 0.25) is 11.8 Å². The number of nitrogens with one attached hydrogen (secondary N) is 4. The molecule has 4 N–H and O–H groups in total. The first-order chi connectivity index (χ1) is 15.4. The molecule has 0 spiro atoms. The predicted molar refractivity (Wildman–Crippen MR) is 125 cm³/mol. The molecule has 3 rings (SSSR count). The van der Waals surface area contributed by atoms with Crippen LogP contribution in [0.2, 0.25) is 0 Å². The Morgan fingerprint density at radius 2 is 1.81 bits per heavy atom. The monoisotopic (exact) mass is 434 g/mol. The van der Waals surface area contributed by atoms with Crippen LogP contribution in [-0.2, 0) is 22.6 Å². The van der Waals surface area contributed by atoms with Gasteiger partial charge in [-0.1, -0.05) is 37.3 Å². The summed E-state index contributed by atoms with van der Waals surface area (Å²) in [5.41, 5.74) is 3.30. The summed E-state index contributed by atoms with van der Waals surface area (Å²) < 4.78 is 0. The number of hydrogen-bond donors (Lipinski definition) is 4. The van der Waals surface area contributed by atoms with E-state index in [0.29, 0.717) is 12.0 Å². The minimum atomic E-state index is -0.705. The van der Waals surface area contributed by atoms with Crippen molar-refractivity contribution in [3.05, 3.63) is 71.4 Å². The zero-order valence-corrected chi connectivity index (χ0v) is 18.7. The molecule has 7 nitrogen and oxygen atoms in total. The number of benzene rings is 2. The van der Waals surface area contributed by atoms with Crippen molar-refractivity contribution in [3.8, 4) is 0 Å². The molecule has 1 heterocycles. The highest BCUT2D eigenvalue weighted by atomic mass is 16.2. The highest BCUT2D eigenvalue weighted by Crippen LogP contribution is 2.19. The molecular weight excluding hydrogens is 404 g/mol. The molecule has 0 aliphatic rings. The lowest BCUT2D eigenvalue weighted by Crippen LogP contribution is -2.47. The Morgan fingerprint density at radius 1 is 1.03 bits per heavy atom. The van der Waals surface area contributed by atoms with Crippen LogP contribution in [0.4, 0.5) is 0 Å². The third-order valence-corrected chi connectivity index (χ3v) is 5.44. The largest absolute Gasteiger partial charge is 0.361 e. The van der Waals surface area contributed by atoms with Crippen LogP contribution in [0.1, 0.15) is 48.7 Å². The Labute approximate surface area is 188 Å². The number of aromatic nitrogens is 1. The second-order valence-corrected chi connectivity index (χ2v) is 8.02. The number of hydrogen-bond acceptors (Lipinski definition) is 3. The van der Waals surface area contributed by atoms with Crippen molar-refractivity contribution < 1.29 is 14.4 Å². The number of carbonyl (C=O) groups is 3. The van der Waals surface area contributed by atoms with E-state index in [1.54, 1.807) is 18.2 Å². The fourth-order valence-electron chi connectivity index (χ4n) is 3.52. The maximum atomic E-state index is 12.9. The number of rotatable bonds is 9. The molecule has 0 radical (unpaired) electrons. The summed E-state index contributed by atoms with van der Waals surface area (Å²) in [6, 6.07) is 14.4. The molecule has 0 bridgehead atoms. The minimum Gasteiger partial charge on any atom is -0.361 e. The van der Waals surface area contributed by atoms with Crippen LogP contribution in [0, 0.1) is 0 Å². The normalized spacial score (nSPS) is 12.7. The van der Waals surface area contributed by atoms with E-state index in [-0.39, 0.29) is 30.3 Å². The van der Waals surface area contributed by atoms with E-state index in [1.807, 2.05) is 50.4 Å². The lowest BCUT2D eigenvalue weighted by Gasteiger charge is -2.18. The van der Waals surface area contributed by atoms with Crippen molar-refractivity contribution in [2.45, 2.75) is 52.2 Å². The van der Waals surface area contributed by atoms with Gasteiger partial charge in [-0.15, -0.1) is 0 Å². The lowest BCUT2D eigenvalue weighted by atomic mass is 10.0. The van der Waals surface area contributed by atoms with Crippen LogP contribution in [0.25, 0.3) is 10.9 Å². The highest BCUT2D eigenvalue weighted by molar-refractivity contribution is 5.94. The third kappa shape index (κ3) is 5.97. The van der Waals surface area contributed by atoms with Crippen LogP contribution in [-0.4, -0.2) is 34.8 Å². The highest BCUT2D eigenvalue weighted by Gasteiger charge is 2.21. The fraction of sp³-hybridized carbons (Fsp3) is 0.320. The number of aromatic amines is 1. The average molecular weight is 435 g/mol. The third-order valence-electron chi connectivity index (χ3n) is 5.44. The summed E-state index contributed by atoms with van der Waals surface area (Å²) in [5, 5.41) is 9.60. The van der Waals surface area contributed by atoms with Gasteiger partial charge in [0.25, 0.3) is 5.91 Å². The molecule has 0 saturated carbocycles. The molecule has 0 saturated heterocycles. The van der Waals surface area contributed by atoms with E-state index in [9.17, 15) is 14.4 Å². The molecule has 0 aliphatic carbocycles. The smallest absolute Gasteiger partial charge is 0.251 e. The van der Waals surface area contributed by atoms with Gasteiger partial charge in [0.15, 0.2) is 0 Å². The number of carbonyl (C=O) groups excluding carboxylic acids is 3. The molecule has 2 aromatic carbocycles. The van der Waals surface area contributed by atoms with Crippen molar-refractivity contribution in [1.29, 1.82) is 0 Å². The van der Waals surface area contributed by atoms with Gasteiger partial charge < -0.3 is 20.9 Å². The van der Waals surface area contributed by atoms with Crippen molar-refractivity contribution in [1.82, 2.24) is 20.9 Å². The molecule has 3 aromatic rings. The van der Waals surface area contributed by atoms with Gasteiger partial charge >= 0.3 is 0 Å². The minimum absolute atomic E-state index is 0.0915. The predicted octanol–water partition coefficient (Wildman–Crippen LogP) is 3.06. The molecule has 168 valence electrons. The molecule has 2 unspecified atom stereocenters. The fourth-order valence-corrected chi connectivity index (χ4v) is 3.52. The zero-order valence-electron chi connectivity index (χ0n) is 18.7. The Morgan fingerprint density at radius 3 is 2.56 bits per heavy atom. The summed E-state index contributed by atoms with van der Waals surface area (Å²) in [7, 11) is 0. The molecule has 1 aromatic heterocycles. The molecular formula is C25H30N4O3. The first-order valence-corrected chi connectivity index (χ1v) is 10.9. The number of amides is 3. The van der Waals surface area contributed by atoms with Crippen molar-refractivity contribution in [2.24, 2.45) is 0 Å². The quantitative estimate of drug-likeness (QED) is 0.416. The van der Waals surface area contributed by atoms with Crippen molar-refractivity contribution in [3.63, 3.8) is 0 Å². The Hall–Kier alpha value is -3.61. The van der Waals surface area contributed by atoms with Gasteiger partial charge in [-0.05, 0) is 42.7 Å². The van der Waals surface area contributed by atoms with E-state index in [4.69, 9.17) is 0 Å². The summed E-state index contributed by atoms with van der Waals surface area (Å²) in [6.07, 6.45) is 3.08. The van der Waals surface area contributed by atoms with Crippen LogP contribution in [0.3, 0.4) is 0 Å². The van der Waals surface area contributed by atoms with E-state index < -0.39 is 6.04 Å². The second-order valence-electron chi connectivity index (χ2n) is 8.02. The summed E-state index contributed by atoms with van der Waals surface area (Å²) in [6.45, 7) is 5.62. The van der Waals surface area contributed by atoms with Gasteiger partial charge in [-0.2, -0.15) is 0 Å². The standard InChI is InChI=1S/C25H30N4O3/c1-4-16(2)28-24(31)19-9-7-8-18(12-19)14-27-25(32)23(29-17(3)30)13-20-15-26-22-11-6-5-10-21(20)22/h5-12,15-16,23,26H,4,13-14H2,1-3H3,(H,27,32)(H,28,31)(H,29,30). The van der Waals surface area contributed by atoms with Gasteiger partial charge in [0.05, 0.1) is 0 Å². The maximum absolute atomic E-state index is 12.9. The molecule has 0 fully saturated rings. The molecule has 3 amide bonds. The van der Waals surface area contributed by atoms with Crippen LogP contribution >= 0.6 is 0 Å². The van der Waals surface area contributed by atoms with E-state index in [1.165, 1.54) is 6.92 Å². The Balaban J connectivity index is 1.67. The second kappa shape index (κ2) is 10.6. The lowest BCUT2D eigenvalue weighted by molar-refractivity contribution is -0.128. The number of para-hydroxylation sites is 1. The van der Waals surface area contributed by atoms with Crippen LogP contribution < -0.4 is 16.0 Å². The van der Waals surface area contributed by atoms with E-state index in [0.717, 1.165) is 28.5 Å². The molecule has 32 heavy (non-hydrogen) atoms. The maximum Gasteiger partial charge on any atom is 0.251 e. The van der Waals surface area contributed by atoms with Crippen LogP contribution in [0.15, 0.2) is 54.7 Å². The summed E-state index contributed by atoms with van der Waals surface area (Å²) in [5.74, 6) is -0.684. The Bertz CT molecular complexity index is 1110. The van der Waals surface area contributed by atoms with Crippen LogP contribution in [0.5, 0.6) is 0 Å². The van der Waals surface area contributed by atoms with Crippen molar-refractivity contribution >= 4 is 28.6 Å². The topological polar surface area (TPSA) is 103 Å². The van der Waals surface area contributed by atoms with Crippen molar-refractivity contribution in [2.75, 3.05) is 0 Å². The first-order valence-electron chi connectivity index (χ1n) is 10.9. The SMILES string of the molecule is CCC(C)NC(=O)c1cccc(CNC(=O)C(Cc2c[nH]c3ccccc23)NC(C)=O)c1. The number of H-pyrrole nitrogens is 1. The average Bonchev–Trinajstić information content (AvgIpc) is 3.19. The van der Waals surface area contributed by atoms with Gasteiger partial charge in [-0.3, -0.25) is 14.4 Å². The molecule has 7 heteroatoms. The van der Waals surface area contributed by atoms with E-state index in [2.05, 4.69) is 20.9 Å². The van der Waals surface area contributed by atoms with Gasteiger partial charge in [0, 0.05) is 48.6 Å². The molecule has 0 aliphatic heterocycles. The zero-order chi connectivity index (χ0) is 23.1. The van der Waals surface area contributed by atoms with Gasteiger partial charge in [-0.25, -0.2) is 0 Å². The first kappa shape index (κ1) is 23.1. The molecule has 2 atom stereocenters. The summed E-state index contributed by atoms with van der Waals surface area (Å²) in [4.78, 5) is 40.2. The number of fused-ring (bicyclic) bond motifs is 1.